The van der Waals surface area contributed by atoms with E-state index < -0.39 is 6.04 Å². The van der Waals surface area contributed by atoms with E-state index in [-0.39, 0.29) is 17.9 Å². The van der Waals surface area contributed by atoms with Crippen LogP contribution in [0.3, 0.4) is 0 Å². The number of amides is 2. The van der Waals surface area contributed by atoms with E-state index in [4.69, 9.17) is 4.52 Å². The fraction of sp³-hybridized carbons (Fsp3) is 0.583. The fourth-order valence-electron chi connectivity index (χ4n) is 2.75. The molecule has 3 rings (SSSR count). The van der Waals surface area contributed by atoms with Gasteiger partial charge in [-0.1, -0.05) is 5.16 Å². The third-order valence-corrected chi connectivity index (χ3v) is 3.75. The van der Waals surface area contributed by atoms with E-state index in [0.717, 1.165) is 12.8 Å². The number of hydrogen-bond acceptors (Lipinski definition) is 4. The zero-order chi connectivity index (χ0) is 12.7. The van der Waals surface area contributed by atoms with Crippen molar-refractivity contribution in [2.75, 3.05) is 6.54 Å². The maximum Gasteiger partial charge on any atom is 0.246 e. The highest BCUT2D eigenvalue weighted by atomic mass is 16.5. The molecule has 96 valence electrons. The van der Waals surface area contributed by atoms with E-state index in [2.05, 4.69) is 5.16 Å². The summed E-state index contributed by atoms with van der Waals surface area (Å²) in [6.07, 6.45) is 3.22. The van der Waals surface area contributed by atoms with Gasteiger partial charge in [0.2, 0.25) is 11.8 Å². The van der Waals surface area contributed by atoms with Gasteiger partial charge in [-0.25, -0.2) is 0 Å². The highest BCUT2D eigenvalue weighted by molar-refractivity contribution is 5.97. The van der Waals surface area contributed by atoms with E-state index in [1.807, 2.05) is 0 Å². The number of carbonyl (C=O) groups excluding carboxylic acids is 2. The topological polar surface area (TPSA) is 66.7 Å². The Bertz CT molecular complexity index is 471. The van der Waals surface area contributed by atoms with E-state index in [0.29, 0.717) is 18.8 Å². The molecule has 2 aliphatic rings. The van der Waals surface area contributed by atoms with Gasteiger partial charge < -0.3 is 14.3 Å². The lowest BCUT2D eigenvalue weighted by Gasteiger charge is -2.40. The van der Waals surface area contributed by atoms with Gasteiger partial charge in [-0.3, -0.25) is 9.59 Å². The van der Waals surface area contributed by atoms with Crippen molar-refractivity contribution in [2.24, 2.45) is 0 Å². The van der Waals surface area contributed by atoms with Crippen LogP contribution in [0.2, 0.25) is 0 Å². The largest absolute Gasteiger partial charge is 0.360 e. The number of aromatic nitrogens is 1. The predicted molar refractivity (Wildman–Crippen MR) is 61.3 cm³/mol. The zero-order valence-electron chi connectivity index (χ0n) is 10.2. The molecular weight excluding hydrogens is 234 g/mol. The van der Waals surface area contributed by atoms with Crippen LogP contribution in [-0.4, -0.2) is 45.4 Å². The van der Waals surface area contributed by atoms with Crippen molar-refractivity contribution in [3.8, 4) is 0 Å². The lowest BCUT2D eigenvalue weighted by atomic mass is 10.1. The summed E-state index contributed by atoms with van der Waals surface area (Å²) >= 11 is 0. The maximum atomic E-state index is 12.4. The first-order chi connectivity index (χ1) is 8.68. The number of rotatable bonds is 2. The second kappa shape index (κ2) is 4.12. The number of hydrogen-bond donors (Lipinski definition) is 0. The third-order valence-electron chi connectivity index (χ3n) is 3.75. The number of piperazine rings is 1. The van der Waals surface area contributed by atoms with Crippen LogP contribution in [-0.2, 0) is 16.1 Å². The average Bonchev–Trinajstić information content (AvgIpc) is 3.02. The summed E-state index contributed by atoms with van der Waals surface area (Å²) in [5.41, 5.74) is 0. The maximum absolute atomic E-state index is 12.4. The standard InChI is InChI=1S/C12H15N3O3/c1-8-11(16)14-6-2-3-10(14)12(17)15(8)7-9-4-5-13-18-9/h4-5,8,10H,2-3,6-7H2,1H3. The molecule has 0 spiro atoms. The van der Waals surface area contributed by atoms with Gasteiger partial charge in [0, 0.05) is 12.6 Å². The molecule has 2 amide bonds. The van der Waals surface area contributed by atoms with Crippen LogP contribution >= 0.6 is 0 Å². The molecule has 0 radical (unpaired) electrons. The zero-order valence-corrected chi connectivity index (χ0v) is 10.2. The van der Waals surface area contributed by atoms with Crippen molar-refractivity contribution in [3.63, 3.8) is 0 Å². The number of carbonyl (C=O) groups is 2. The van der Waals surface area contributed by atoms with Crippen molar-refractivity contribution < 1.29 is 14.1 Å². The summed E-state index contributed by atoms with van der Waals surface area (Å²) in [7, 11) is 0. The summed E-state index contributed by atoms with van der Waals surface area (Å²) in [5, 5.41) is 3.61. The van der Waals surface area contributed by atoms with Crippen molar-refractivity contribution in [1.82, 2.24) is 15.0 Å². The fourth-order valence-corrected chi connectivity index (χ4v) is 2.75. The number of nitrogens with zero attached hydrogens (tertiary/aromatic N) is 3. The number of fused-ring (bicyclic) bond motifs is 1. The predicted octanol–water partition coefficient (Wildman–Crippen LogP) is 0.396. The van der Waals surface area contributed by atoms with E-state index in [1.54, 1.807) is 22.8 Å². The summed E-state index contributed by atoms with van der Waals surface area (Å²) in [5.74, 6) is 0.669. The molecule has 2 saturated heterocycles. The summed E-state index contributed by atoms with van der Waals surface area (Å²) in [6.45, 7) is 2.79. The molecular formula is C12H15N3O3. The van der Waals surface area contributed by atoms with Crippen LogP contribution in [0.25, 0.3) is 0 Å². The molecule has 6 heteroatoms. The second-order valence-electron chi connectivity index (χ2n) is 4.81. The first-order valence-electron chi connectivity index (χ1n) is 6.19. The van der Waals surface area contributed by atoms with Crippen molar-refractivity contribution >= 4 is 11.8 Å². The molecule has 18 heavy (non-hydrogen) atoms. The highest BCUT2D eigenvalue weighted by Crippen LogP contribution is 2.27. The lowest BCUT2D eigenvalue weighted by molar-refractivity contribution is -0.159. The highest BCUT2D eigenvalue weighted by Gasteiger charge is 2.46. The Kier molecular flexibility index (Phi) is 2.57. The molecule has 0 bridgehead atoms. The molecule has 2 atom stereocenters. The molecule has 0 aliphatic carbocycles. The minimum atomic E-state index is -0.419. The van der Waals surface area contributed by atoms with Crippen LogP contribution in [0.5, 0.6) is 0 Å². The van der Waals surface area contributed by atoms with Crippen molar-refractivity contribution in [1.29, 1.82) is 0 Å². The minimum Gasteiger partial charge on any atom is -0.360 e. The Morgan fingerprint density at radius 1 is 1.44 bits per heavy atom. The third kappa shape index (κ3) is 1.60. The van der Waals surface area contributed by atoms with Crippen molar-refractivity contribution in [2.45, 2.75) is 38.4 Å². The van der Waals surface area contributed by atoms with Gasteiger partial charge in [0.25, 0.3) is 0 Å². The Balaban J connectivity index is 1.84. The van der Waals surface area contributed by atoms with Crippen LogP contribution in [0.15, 0.2) is 16.8 Å². The van der Waals surface area contributed by atoms with Gasteiger partial charge in [0.1, 0.15) is 12.1 Å². The normalized spacial score (nSPS) is 27.8. The Morgan fingerprint density at radius 2 is 2.28 bits per heavy atom. The quantitative estimate of drug-likeness (QED) is 0.760. The monoisotopic (exact) mass is 249 g/mol. The molecule has 2 unspecified atom stereocenters. The SMILES string of the molecule is CC1C(=O)N2CCCC2C(=O)N1Cc1ccno1. The first-order valence-corrected chi connectivity index (χ1v) is 6.19. The van der Waals surface area contributed by atoms with Gasteiger partial charge in [-0.15, -0.1) is 0 Å². The molecule has 2 fully saturated rings. The first kappa shape index (κ1) is 11.3. The summed E-state index contributed by atoms with van der Waals surface area (Å²) in [4.78, 5) is 27.8. The molecule has 1 aromatic heterocycles. The van der Waals surface area contributed by atoms with Gasteiger partial charge in [0.15, 0.2) is 5.76 Å². The summed E-state index contributed by atoms with van der Waals surface area (Å²) < 4.78 is 5.01. The Hall–Kier alpha value is -1.85. The molecule has 0 saturated carbocycles. The molecule has 0 N–H and O–H groups in total. The molecule has 0 aromatic carbocycles. The molecule has 2 aliphatic heterocycles. The van der Waals surface area contributed by atoms with Gasteiger partial charge >= 0.3 is 0 Å². The van der Waals surface area contributed by atoms with Crippen LogP contribution < -0.4 is 0 Å². The van der Waals surface area contributed by atoms with Crippen LogP contribution in [0, 0.1) is 0 Å². The smallest absolute Gasteiger partial charge is 0.246 e. The van der Waals surface area contributed by atoms with Gasteiger partial charge in [-0.2, -0.15) is 0 Å². The average molecular weight is 249 g/mol. The molecule has 3 heterocycles. The van der Waals surface area contributed by atoms with Crippen LogP contribution in [0.4, 0.5) is 0 Å². The second-order valence-corrected chi connectivity index (χ2v) is 4.81. The molecule has 6 nitrogen and oxygen atoms in total. The van der Waals surface area contributed by atoms with E-state index in [9.17, 15) is 9.59 Å². The van der Waals surface area contributed by atoms with E-state index in [1.165, 1.54) is 6.20 Å². The van der Waals surface area contributed by atoms with Gasteiger partial charge in [-0.05, 0) is 19.8 Å². The Labute approximate surface area is 105 Å². The lowest BCUT2D eigenvalue weighted by Crippen LogP contribution is -2.61. The Morgan fingerprint density at radius 3 is 3.00 bits per heavy atom. The summed E-state index contributed by atoms with van der Waals surface area (Å²) in [6, 6.07) is 1.03. The van der Waals surface area contributed by atoms with Crippen LogP contribution in [0.1, 0.15) is 25.5 Å². The van der Waals surface area contributed by atoms with E-state index >= 15 is 0 Å². The van der Waals surface area contributed by atoms with Crippen molar-refractivity contribution in [3.05, 3.63) is 18.0 Å². The minimum absolute atomic E-state index is 0.0241. The molecule has 1 aromatic rings. The van der Waals surface area contributed by atoms with Gasteiger partial charge in [0.05, 0.1) is 12.7 Å².